The Kier molecular flexibility index (Phi) is 7.03. The molecule has 37 heavy (non-hydrogen) atoms. The third-order valence-corrected chi connectivity index (χ3v) is 7.73. The zero-order chi connectivity index (χ0) is 26.3. The number of anilines is 2. The molecule has 198 valence electrons. The molecule has 0 spiro atoms. The van der Waals surface area contributed by atoms with Gasteiger partial charge in [0.25, 0.3) is 5.91 Å². The van der Waals surface area contributed by atoms with Crippen molar-refractivity contribution in [3.05, 3.63) is 52.3 Å². The lowest BCUT2D eigenvalue weighted by Gasteiger charge is -2.35. The molecule has 5 rings (SSSR count). The van der Waals surface area contributed by atoms with Gasteiger partial charge in [0.2, 0.25) is 10.0 Å². The summed E-state index contributed by atoms with van der Waals surface area (Å²) in [6.45, 7) is 7.45. The van der Waals surface area contributed by atoms with E-state index in [2.05, 4.69) is 21.9 Å². The molecule has 12 heteroatoms. The van der Waals surface area contributed by atoms with Gasteiger partial charge >= 0.3 is 0 Å². The molecule has 2 fully saturated rings. The Labute approximate surface area is 222 Å². The number of rotatable bonds is 5. The number of halogens is 1. The molecule has 3 aromatic rings. The summed E-state index contributed by atoms with van der Waals surface area (Å²) >= 11 is 6.20. The summed E-state index contributed by atoms with van der Waals surface area (Å²) in [7, 11) is -3.58. The van der Waals surface area contributed by atoms with Gasteiger partial charge in [-0.2, -0.15) is 5.10 Å². The summed E-state index contributed by atoms with van der Waals surface area (Å²) < 4.78 is 28.1. The van der Waals surface area contributed by atoms with E-state index in [1.54, 1.807) is 15.5 Å². The second-order valence-electron chi connectivity index (χ2n) is 9.99. The smallest absolute Gasteiger partial charge is 0.256 e. The van der Waals surface area contributed by atoms with Crippen LogP contribution in [0.2, 0.25) is 5.02 Å². The minimum absolute atomic E-state index is 0.211. The number of nitrogens with zero attached hydrogens (tertiary/aromatic N) is 5. The maximum atomic E-state index is 13.8. The second-order valence-corrected chi connectivity index (χ2v) is 12.2. The first-order chi connectivity index (χ1) is 17.6. The van der Waals surface area contributed by atoms with E-state index in [-0.39, 0.29) is 23.2 Å². The SMILES string of the molecule is Cc1cn2nc([C@@H]3CCCCN3C(=O)c3cc(Cl)ccc3NS(C)(=O)=O)cc2nc1N1CCN[C@@H](C)C1. The average molecular weight is 546 g/mol. The third-order valence-electron chi connectivity index (χ3n) is 6.90. The van der Waals surface area contributed by atoms with Gasteiger partial charge in [-0.15, -0.1) is 0 Å². The van der Waals surface area contributed by atoms with E-state index in [4.69, 9.17) is 21.7 Å². The lowest BCUT2D eigenvalue weighted by Crippen LogP contribution is -2.49. The van der Waals surface area contributed by atoms with Gasteiger partial charge < -0.3 is 15.1 Å². The van der Waals surface area contributed by atoms with E-state index in [1.807, 2.05) is 19.2 Å². The number of fused-ring (bicyclic) bond motifs is 1. The van der Waals surface area contributed by atoms with Crippen molar-refractivity contribution in [3.8, 4) is 0 Å². The van der Waals surface area contributed by atoms with Crippen LogP contribution in [0.3, 0.4) is 0 Å². The molecular weight excluding hydrogens is 514 g/mol. The number of hydrogen-bond donors (Lipinski definition) is 2. The normalized spacial score (nSPS) is 20.9. The Morgan fingerprint density at radius 1 is 1.22 bits per heavy atom. The minimum Gasteiger partial charge on any atom is -0.353 e. The van der Waals surface area contributed by atoms with Crippen LogP contribution in [0.5, 0.6) is 0 Å². The average Bonchev–Trinajstić information content (AvgIpc) is 3.26. The van der Waals surface area contributed by atoms with Crippen molar-refractivity contribution >= 4 is 44.7 Å². The van der Waals surface area contributed by atoms with Crippen molar-refractivity contribution < 1.29 is 13.2 Å². The number of likely N-dealkylation sites (tertiary alicyclic amines) is 1. The van der Waals surface area contributed by atoms with E-state index in [0.29, 0.717) is 17.6 Å². The predicted molar refractivity (Wildman–Crippen MR) is 145 cm³/mol. The fourth-order valence-corrected chi connectivity index (χ4v) is 6.00. The Bertz CT molecular complexity index is 1440. The molecule has 2 N–H and O–H groups in total. The molecule has 2 aliphatic rings. The van der Waals surface area contributed by atoms with E-state index >= 15 is 0 Å². The van der Waals surface area contributed by atoms with Gasteiger partial charge in [0.05, 0.1) is 29.2 Å². The van der Waals surface area contributed by atoms with Crippen LogP contribution in [0.1, 0.15) is 53.8 Å². The van der Waals surface area contributed by atoms with Crippen molar-refractivity contribution in [1.29, 1.82) is 0 Å². The molecule has 0 radical (unpaired) electrons. The molecule has 0 bridgehead atoms. The summed E-state index contributed by atoms with van der Waals surface area (Å²) in [5.41, 5.74) is 2.98. The van der Waals surface area contributed by atoms with Crippen LogP contribution in [0, 0.1) is 6.92 Å². The Balaban J connectivity index is 1.48. The number of amides is 1. The molecule has 2 atom stereocenters. The van der Waals surface area contributed by atoms with Gasteiger partial charge in [0.15, 0.2) is 5.65 Å². The monoisotopic (exact) mass is 545 g/mol. The van der Waals surface area contributed by atoms with E-state index in [0.717, 1.165) is 67.9 Å². The zero-order valence-electron chi connectivity index (χ0n) is 21.2. The standard InChI is InChI=1S/C25H32ClN7O3S/c1-16-14-33-23(28-24(16)31-11-9-27-17(2)15-31)13-21(29-33)22-6-4-5-10-32(22)25(34)19-12-18(26)7-8-20(19)30-37(3,35)36/h7-8,12-14,17,22,27,30H,4-6,9-11,15H2,1-3H3/t17-,22-/m0/s1. The number of carbonyl (C=O) groups excluding carboxylic acids is 1. The Morgan fingerprint density at radius 2 is 2.03 bits per heavy atom. The van der Waals surface area contributed by atoms with Gasteiger partial charge in [-0.3, -0.25) is 9.52 Å². The number of nitrogens with one attached hydrogen (secondary N) is 2. The molecule has 10 nitrogen and oxygen atoms in total. The maximum Gasteiger partial charge on any atom is 0.256 e. The number of carbonyl (C=O) groups is 1. The first kappa shape index (κ1) is 25.7. The highest BCUT2D eigenvalue weighted by atomic mass is 35.5. The summed E-state index contributed by atoms with van der Waals surface area (Å²) in [5.74, 6) is 0.675. The Morgan fingerprint density at radius 3 is 2.78 bits per heavy atom. The highest BCUT2D eigenvalue weighted by Crippen LogP contribution is 2.34. The highest BCUT2D eigenvalue weighted by Gasteiger charge is 2.32. The van der Waals surface area contributed by atoms with E-state index < -0.39 is 10.0 Å². The lowest BCUT2D eigenvalue weighted by atomic mass is 9.98. The molecule has 0 saturated carbocycles. The number of aromatic nitrogens is 3. The fourth-order valence-electron chi connectivity index (χ4n) is 5.25. The summed E-state index contributed by atoms with van der Waals surface area (Å²) in [6.07, 6.45) is 5.62. The summed E-state index contributed by atoms with van der Waals surface area (Å²) in [5, 5.41) is 8.64. The van der Waals surface area contributed by atoms with Gasteiger partial charge in [0, 0.05) is 55.1 Å². The molecule has 2 saturated heterocycles. The number of hydrogen-bond acceptors (Lipinski definition) is 7. The topological polar surface area (TPSA) is 112 Å². The number of aryl methyl sites for hydroxylation is 1. The van der Waals surface area contributed by atoms with Crippen LogP contribution in [0.25, 0.3) is 5.65 Å². The lowest BCUT2D eigenvalue weighted by molar-refractivity contribution is 0.0607. The third kappa shape index (κ3) is 5.53. The molecule has 4 heterocycles. The van der Waals surface area contributed by atoms with Crippen molar-refractivity contribution in [2.24, 2.45) is 0 Å². The van der Waals surface area contributed by atoms with Gasteiger partial charge in [0.1, 0.15) is 5.82 Å². The maximum absolute atomic E-state index is 13.8. The van der Waals surface area contributed by atoms with Crippen LogP contribution >= 0.6 is 11.6 Å². The van der Waals surface area contributed by atoms with Crippen LogP contribution in [0.15, 0.2) is 30.5 Å². The summed E-state index contributed by atoms with van der Waals surface area (Å²) in [6, 6.07) is 6.69. The van der Waals surface area contributed by atoms with Crippen molar-refractivity contribution in [3.63, 3.8) is 0 Å². The van der Waals surface area contributed by atoms with Crippen molar-refractivity contribution in [2.45, 2.75) is 45.2 Å². The van der Waals surface area contributed by atoms with Crippen molar-refractivity contribution in [1.82, 2.24) is 24.8 Å². The minimum atomic E-state index is -3.58. The van der Waals surface area contributed by atoms with E-state index in [1.165, 1.54) is 12.1 Å². The van der Waals surface area contributed by atoms with Gasteiger partial charge in [-0.1, -0.05) is 11.6 Å². The predicted octanol–water partition coefficient (Wildman–Crippen LogP) is 3.23. The Hall–Kier alpha value is -2.89. The zero-order valence-corrected chi connectivity index (χ0v) is 22.8. The second kappa shape index (κ2) is 10.1. The molecule has 1 aromatic carbocycles. The largest absolute Gasteiger partial charge is 0.353 e. The molecule has 0 aliphatic carbocycles. The number of piperidine rings is 1. The molecule has 2 aliphatic heterocycles. The van der Waals surface area contributed by atoms with Gasteiger partial charge in [-0.05, 0) is 51.3 Å². The first-order valence-electron chi connectivity index (χ1n) is 12.5. The fraction of sp³-hybridized carbons (Fsp3) is 0.480. The number of benzene rings is 1. The van der Waals surface area contributed by atoms with Crippen LogP contribution in [-0.4, -0.2) is 72.3 Å². The quantitative estimate of drug-likeness (QED) is 0.506. The molecular formula is C25H32ClN7O3S. The van der Waals surface area contributed by atoms with Crippen LogP contribution in [0.4, 0.5) is 11.5 Å². The van der Waals surface area contributed by atoms with Crippen LogP contribution < -0.4 is 14.9 Å². The molecule has 0 unspecified atom stereocenters. The molecule has 2 aromatic heterocycles. The highest BCUT2D eigenvalue weighted by molar-refractivity contribution is 7.92. The number of sulfonamides is 1. The summed E-state index contributed by atoms with van der Waals surface area (Å²) in [4.78, 5) is 22.8. The number of piperazine rings is 1. The van der Waals surface area contributed by atoms with Crippen LogP contribution in [-0.2, 0) is 10.0 Å². The van der Waals surface area contributed by atoms with Crippen molar-refractivity contribution in [2.75, 3.05) is 42.1 Å². The van der Waals surface area contributed by atoms with E-state index in [9.17, 15) is 13.2 Å². The first-order valence-corrected chi connectivity index (χ1v) is 14.8. The molecule has 1 amide bonds. The van der Waals surface area contributed by atoms with Gasteiger partial charge in [-0.25, -0.2) is 17.9 Å².